The highest BCUT2D eigenvalue weighted by molar-refractivity contribution is 5.70. The number of nitrogens with zero attached hydrogens (tertiary/aromatic N) is 3. The predicted octanol–water partition coefficient (Wildman–Crippen LogP) is -0.226. The summed E-state index contributed by atoms with van der Waals surface area (Å²) in [6, 6.07) is 0. The minimum Gasteiger partial charge on any atom is -0.481 e. The molecular formula is C10H14N4O3. The number of hydrogen-bond donors (Lipinski definition) is 2. The number of aromatic amines is 1. The molecule has 1 aromatic rings. The maximum absolute atomic E-state index is 11.1. The highest BCUT2D eigenvalue weighted by Gasteiger charge is 2.26. The van der Waals surface area contributed by atoms with E-state index in [2.05, 4.69) is 15.2 Å². The van der Waals surface area contributed by atoms with E-state index in [1.165, 1.54) is 0 Å². The van der Waals surface area contributed by atoms with E-state index in [-0.39, 0.29) is 5.92 Å². The summed E-state index contributed by atoms with van der Waals surface area (Å²) in [4.78, 5) is 27.7. The van der Waals surface area contributed by atoms with Gasteiger partial charge < -0.3 is 10.0 Å². The van der Waals surface area contributed by atoms with Gasteiger partial charge in [0.25, 0.3) is 0 Å². The van der Waals surface area contributed by atoms with E-state index in [4.69, 9.17) is 5.11 Å². The fourth-order valence-corrected chi connectivity index (χ4v) is 2.02. The highest BCUT2D eigenvalue weighted by Crippen LogP contribution is 2.22. The van der Waals surface area contributed by atoms with Crippen LogP contribution in [0.3, 0.4) is 0 Å². The lowest BCUT2D eigenvalue weighted by Gasteiger charge is -2.31. The minimum atomic E-state index is -0.752. The third-order valence-electron chi connectivity index (χ3n) is 2.99. The monoisotopic (exact) mass is 238 g/mol. The Morgan fingerprint density at radius 2 is 2.12 bits per heavy atom. The van der Waals surface area contributed by atoms with Gasteiger partial charge in [-0.05, 0) is 19.8 Å². The van der Waals surface area contributed by atoms with Crippen LogP contribution in [-0.2, 0) is 4.79 Å². The summed E-state index contributed by atoms with van der Waals surface area (Å²) in [5.41, 5.74) is 0.171. The summed E-state index contributed by atoms with van der Waals surface area (Å²) in [6.45, 7) is 2.95. The number of H-pyrrole nitrogens is 1. The molecule has 2 N–H and O–H groups in total. The van der Waals surface area contributed by atoms with Gasteiger partial charge in [0, 0.05) is 13.1 Å². The van der Waals surface area contributed by atoms with Crippen LogP contribution in [0.5, 0.6) is 0 Å². The smallest absolute Gasteiger partial charge is 0.363 e. The SMILES string of the molecule is Cc1n[nH]c(=O)nc1N1CCC(C(=O)O)CC1. The number of carboxylic acid groups (broad SMARTS) is 1. The summed E-state index contributed by atoms with van der Waals surface area (Å²) >= 11 is 0. The lowest BCUT2D eigenvalue weighted by atomic mass is 9.97. The van der Waals surface area contributed by atoms with Crippen molar-refractivity contribution in [1.29, 1.82) is 0 Å². The molecule has 0 aliphatic carbocycles. The summed E-state index contributed by atoms with van der Waals surface area (Å²) in [7, 11) is 0. The first kappa shape index (κ1) is 11.6. The fraction of sp³-hybridized carbons (Fsp3) is 0.600. The molecular weight excluding hydrogens is 224 g/mol. The van der Waals surface area contributed by atoms with Crippen LogP contribution < -0.4 is 10.6 Å². The number of rotatable bonds is 2. The molecule has 2 heterocycles. The molecule has 0 amide bonds. The van der Waals surface area contributed by atoms with Crippen LogP contribution in [0.25, 0.3) is 0 Å². The van der Waals surface area contributed by atoms with Crippen LogP contribution >= 0.6 is 0 Å². The number of nitrogens with one attached hydrogen (secondary N) is 1. The zero-order chi connectivity index (χ0) is 12.4. The number of anilines is 1. The normalized spacial score (nSPS) is 17.1. The third kappa shape index (κ3) is 2.43. The minimum absolute atomic E-state index is 0.290. The molecule has 1 saturated heterocycles. The van der Waals surface area contributed by atoms with Crippen molar-refractivity contribution >= 4 is 11.8 Å². The van der Waals surface area contributed by atoms with Crippen molar-refractivity contribution in [3.8, 4) is 0 Å². The van der Waals surface area contributed by atoms with E-state index in [0.717, 1.165) is 0 Å². The second-order valence-electron chi connectivity index (χ2n) is 4.15. The second kappa shape index (κ2) is 4.52. The lowest BCUT2D eigenvalue weighted by Crippen LogP contribution is -2.38. The first-order valence-electron chi connectivity index (χ1n) is 5.49. The Morgan fingerprint density at radius 1 is 1.47 bits per heavy atom. The number of piperidine rings is 1. The first-order valence-corrected chi connectivity index (χ1v) is 5.49. The van der Waals surface area contributed by atoms with Gasteiger partial charge in [-0.15, -0.1) is 0 Å². The summed E-state index contributed by atoms with van der Waals surface area (Å²) in [5.74, 6) is -0.488. The van der Waals surface area contributed by atoms with Crippen LogP contribution in [0.2, 0.25) is 0 Å². The van der Waals surface area contributed by atoms with Gasteiger partial charge in [0.2, 0.25) is 0 Å². The fourth-order valence-electron chi connectivity index (χ4n) is 2.02. The number of carbonyl (C=O) groups is 1. The molecule has 2 rings (SSSR count). The van der Waals surface area contributed by atoms with Crippen molar-refractivity contribution in [2.45, 2.75) is 19.8 Å². The zero-order valence-corrected chi connectivity index (χ0v) is 9.51. The number of aryl methyl sites for hydroxylation is 1. The van der Waals surface area contributed by atoms with Gasteiger partial charge in [-0.25, -0.2) is 9.89 Å². The highest BCUT2D eigenvalue weighted by atomic mass is 16.4. The Hall–Kier alpha value is -1.92. The van der Waals surface area contributed by atoms with Crippen LogP contribution in [0.1, 0.15) is 18.5 Å². The zero-order valence-electron chi connectivity index (χ0n) is 9.51. The lowest BCUT2D eigenvalue weighted by molar-refractivity contribution is -0.142. The molecule has 1 aliphatic rings. The maximum atomic E-state index is 11.1. The van der Waals surface area contributed by atoms with Crippen LogP contribution in [0, 0.1) is 12.8 Å². The number of aliphatic carboxylic acids is 1. The van der Waals surface area contributed by atoms with Gasteiger partial charge >= 0.3 is 11.7 Å². The predicted molar refractivity (Wildman–Crippen MR) is 60.0 cm³/mol. The van der Waals surface area contributed by atoms with Crippen molar-refractivity contribution < 1.29 is 9.90 Å². The molecule has 0 unspecified atom stereocenters. The average molecular weight is 238 g/mol. The van der Waals surface area contributed by atoms with Crippen LogP contribution in [-0.4, -0.2) is 39.3 Å². The van der Waals surface area contributed by atoms with E-state index in [9.17, 15) is 9.59 Å². The van der Waals surface area contributed by atoms with E-state index in [1.54, 1.807) is 6.92 Å². The molecule has 0 radical (unpaired) electrons. The number of hydrogen-bond acceptors (Lipinski definition) is 5. The van der Waals surface area contributed by atoms with E-state index in [0.29, 0.717) is 37.4 Å². The molecule has 92 valence electrons. The largest absolute Gasteiger partial charge is 0.481 e. The van der Waals surface area contributed by atoms with Gasteiger partial charge in [-0.1, -0.05) is 0 Å². The van der Waals surface area contributed by atoms with Crippen molar-refractivity contribution in [2.24, 2.45) is 5.92 Å². The molecule has 1 aliphatic heterocycles. The Morgan fingerprint density at radius 3 is 2.71 bits per heavy atom. The summed E-state index contributed by atoms with van der Waals surface area (Å²) < 4.78 is 0. The van der Waals surface area contributed by atoms with Crippen molar-refractivity contribution in [3.05, 3.63) is 16.2 Å². The average Bonchev–Trinajstić information content (AvgIpc) is 2.32. The summed E-state index contributed by atoms with van der Waals surface area (Å²) in [5, 5.41) is 15.0. The molecule has 1 aromatic heterocycles. The Balaban J connectivity index is 2.13. The van der Waals surface area contributed by atoms with Gasteiger partial charge in [-0.2, -0.15) is 10.1 Å². The Kier molecular flexibility index (Phi) is 3.08. The Labute approximate surface area is 97.5 Å². The summed E-state index contributed by atoms with van der Waals surface area (Å²) in [6.07, 6.45) is 1.15. The second-order valence-corrected chi connectivity index (χ2v) is 4.15. The van der Waals surface area contributed by atoms with Crippen LogP contribution in [0.15, 0.2) is 4.79 Å². The van der Waals surface area contributed by atoms with E-state index in [1.807, 2.05) is 4.90 Å². The molecule has 17 heavy (non-hydrogen) atoms. The molecule has 0 atom stereocenters. The topological polar surface area (TPSA) is 99.2 Å². The van der Waals surface area contributed by atoms with Crippen molar-refractivity contribution in [1.82, 2.24) is 15.2 Å². The van der Waals surface area contributed by atoms with E-state index < -0.39 is 11.7 Å². The van der Waals surface area contributed by atoms with E-state index >= 15 is 0 Å². The molecule has 7 nitrogen and oxygen atoms in total. The molecule has 0 spiro atoms. The van der Waals surface area contributed by atoms with Gasteiger partial charge in [-0.3, -0.25) is 4.79 Å². The molecule has 0 bridgehead atoms. The quantitative estimate of drug-likeness (QED) is 0.738. The van der Waals surface area contributed by atoms with Crippen molar-refractivity contribution in [2.75, 3.05) is 18.0 Å². The molecule has 0 saturated carbocycles. The standard InChI is InChI=1S/C10H14N4O3/c1-6-8(11-10(17)13-12-6)14-4-2-7(3-5-14)9(15)16/h7H,2-5H2,1H3,(H,15,16)(H,11,13,17). The maximum Gasteiger partial charge on any atom is 0.363 e. The molecule has 1 fully saturated rings. The van der Waals surface area contributed by atoms with Gasteiger partial charge in [0.15, 0.2) is 5.82 Å². The number of carboxylic acids is 1. The number of aromatic nitrogens is 3. The molecule has 7 heteroatoms. The third-order valence-corrected chi connectivity index (χ3v) is 2.99. The van der Waals surface area contributed by atoms with Crippen LogP contribution in [0.4, 0.5) is 5.82 Å². The first-order chi connectivity index (χ1) is 8.08. The van der Waals surface area contributed by atoms with Gasteiger partial charge in [0.1, 0.15) is 5.69 Å². The molecule has 0 aromatic carbocycles. The van der Waals surface area contributed by atoms with Crippen molar-refractivity contribution in [3.63, 3.8) is 0 Å². The van der Waals surface area contributed by atoms with Gasteiger partial charge in [0.05, 0.1) is 5.92 Å². The Bertz CT molecular complexity index is 477.